The summed E-state index contributed by atoms with van der Waals surface area (Å²) >= 11 is 0. The van der Waals surface area contributed by atoms with Gasteiger partial charge in [0.25, 0.3) is 5.91 Å². The maximum Gasteiger partial charge on any atom is 0.338 e. The number of piperidine rings is 1. The molecule has 1 fully saturated rings. The molecule has 9 heteroatoms. The number of benzene rings is 2. The third-order valence-electron chi connectivity index (χ3n) is 5.60. The number of amides is 1. The number of anilines is 1. The molecule has 0 aliphatic carbocycles. The summed E-state index contributed by atoms with van der Waals surface area (Å²) in [6.45, 7) is 6.16. The molecule has 1 unspecified atom stereocenters. The predicted molar refractivity (Wildman–Crippen MR) is 123 cm³/mol. The zero-order valence-electron chi connectivity index (χ0n) is 19.0. The van der Waals surface area contributed by atoms with E-state index >= 15 is 0 Å². The molecule has 0 radical (unpaired) electrons. The molecule has 1 aliphatic rings. The van der Waals surface area contributed by atoms with Crippen molar-refractivity contribution in [2.24, 2.45) is 0 Å². The molecule has 33 heavy (non-hydrogen) atoms. The first-order valence-corrected chi connectivity index (χ1v) is 12.4. The van der Waals surface area contributed by atoms with Gasteiger partial charge in [0.2, 0.25) is 10.0 Å². The van der Waals surface area contributed by atoms with E-state index in [-0.39, 0.29) is 5.56 Å². The highest BCUT2D eigenvalue weighted by Gasteiger charge is 2.30. The zero-order chi connectivity index (χ0) is 24.2. The lowest BCUT2D eigenvalue weighted by molar-refractivity contribution is -0.123. The molecule has 7 nitrogen and oxygen atoms in total. The summed E-state index contributed by atoms with van der Waals surface area (Å²) in [6.07, 6.45) is 1.18. The standard InChI is InChI=1S/C24H29FN2O5S/c1-16(2)18-7-10-20(11-8-18)26-23(28)17(3)32-24(29)19-9-12-21(25)22(15-19)33(30,31)27-13-5-4-6-14-27/h7-12,15-17H,4-6,13-14H2,1-3H3,(H,26,28). The van der Waals surface area contributed by atoms with Crippen LogP contribution in [0, 0.1) is 5.82 Å². The summed E-state index contributed by atoms with van der Waals surface area (Å²) in [5, 5.41) is 2.67. The second-order valence-corrected chi connectivity index (χ2v) is 10.3. The Morgan fingerprint density at radius 3 is 2.24 bits per heavy atom. The minimum absolute atomic E-state index is 0.145. The van der Waals surface area contributed by atoms with Gasteiger partial charge in [-0.3, -0.25) is 4.79 Å². The van der Waals surface area contributed by atoms with E-state index in [0.29, 0.717) is 37.5 Å². The van der Waals surface area contributed by atoms with E-state index in [9.17, 15) is 22.4 Å². The van der Waals surface area contributed by atoms with Crippen LogP contribution in [-0.2, 0) is 19.6 Å². The van der Waals surface area contributed by atoms with Crippen LogP contribution in [0.1, 0.15) is 61.9 Å². The molecule has 0 saturated carbocycles. The summed E-state index contributed by atoms with van der Waals surface area (Å²) in [7, 11) is -4.07. The highest BCUT2D eigenvalue weighted by Crippen LogP contribution is 2.24. The van der Waals surface area contributed by atoms with Gasteiger partial charge in [-0.05, 0) is 61.6 Å². The van der Waals surface area contributed by atoms with E-state index in [4.69, 9.17) is 4.74 Å². The average Bonchev–Trinajstić information content (AvgIpc) is 2.80. The molecule has 0 aromatic heterocycles. The van der Waals surface area contributed by atoms with Gasteiger partial charge in [-0.25, -0.2) is 17.6 Å². The van der Waals surface area contributed by atoms with Gasteiger partial charge in [-0.15, -0.1) is 0 Å². The molecule has 3 rings (SSSR count). The number of hydrogen-bond donors (Lipinski definition) is 1. The van der Waals surface area contributed by atoms with Crippen LogP contribution in [-0.4, -0.2) is 43.8 Å². The maximum atomic E-state index is 14.4. The average molecular weight is 477 g/mol. The fraction of sp³-hybridized carbons (Fsp3) is 0.417. The summed E-state index contributed by atoms with van der Waals surface area (Å²) in [6, 6.07) is 10.4. The van der Waals surface area contributed by atoms with E-state index in [0.717, 1.165) is 30.2 Å². The Kier molecular flexibility index (Phi) is 7.86. The van der Waals surface area contributed by atoms with Gasteiger partial charge in [0.15, 0.2) is 6.10 Å². The highest BCUT2D eigenvalue weighted by atomic mass is 32.2. The van der Waals surface area contributed by atoms with Crippen LogP contribution in [0.3, 0.4) is 0 Å². The van der Waals surface area contributed by atoms with Crippen molar-refractivity contribution < 1.29 is 27.1 Å². The van der Waals surface area contributed by atoms with Crippen LogP contribution in [0.5, 0.6) is 0 Å². The van der Waals surface area contributed by atoms with Gasteiger partial charge in [0.1, 0.15) is 10.7 Å². The summed E-state index contributed by atoms with van der Waals surface area (Å²) < 4.78 is 46.5. The molecule has 1 heterocycles. The summed E-state index contributed by atoms with van der Waals surface area (Å²) in [4.78, 5) is 24.4. The van der Waals surface area contributed by atoms with Gasteiger partial charge in [0.05, 0.1) is 5.56 Å². The quantitative estimate of drug-likeness (QED) is 0.601. The number of hydrogen-bond acceptors (Lipinski definition) is 5. The Morgan fingerprint density at radius 2 is 1.64 bits per heavy atom. The van der Waals surface area contributed by atoms with Crippen molar-refractivity contribution >= 4 is 27.6 Å². The van der Waals surface area contributed by atoms with Crippen molar-refractivity contribution in [3.05, 3.63) is 59.4 Å². The van der Waals surface area contributed by atoms with Crippen LogP contribution in [0.15, 0.2) is 47.4 Å². The number of ether oxygens (including phenoxy) is 1. The third kappa shape index (κ3) is 5.97. The van der Waals surface area contributed by atoms with E-state index < -0.39 is 38.7 Å². The molecular weight excluding hydrogens is 447 g/mol. The number of halogens is 1. The fourth-order valence-electron chi connectivity index (χ4n) is 3.55. The van der Waals surface area contributed by atoms with Crippen molar-refractivity contribution in [3.8, 4) is 0 Å². The Balaban J connectivity index is 1.69. The van der Waals surface area contributed by atoms with Crippen LogP contribution in [0.25, 0.3) is 0 Å². The zero-order valence-corrected chi connectivity index (χ0v) is 19.8. The lowest BCUT2D eigenvalue weighted by Gasteiger charge is -2.26. The predicted octanol–water partition coefficient (Wildman–Crippen LogP) is 4.31. The van der Waals surface area contributed by atoms with Crippen molar-refractivity contribution in [2.75, 3.05) is 18.4 Å². The summed E-state index contributed by atoms with van der Waals surface area (Å²) in [5.41, 5.74) is 1.54. The Bertz CT molecular complexity index is 1110. The highest BCUT2D eigenvalue weighted by molar-refractivity contribution is 7.89. The molecule has 0 bridgehead atoms. The second kappa shape index (κ2) is 10.4. The molecular formula is C24H29FN2O5S. The molecule has 1 saturated heterocycles. The van der Waals surface area contributed by atoms with Crippen LogP contribution in [0.4, 0.5) is 10.1 Å². The lowest BCUT2D eigenvalue weighted by Crippen LogP contribution is -2.36. The Labute approximate surface area is 194 Å². The molecule has 0 spiro atoms. The van der Waals surface area contributed by atoms with Gasteiger partial charge < -0.3 is 10.1 Å². The molecule has 2 aromatic carbocycles. The van der Waals surface area contributed by atoms with Gasteiger partial charge >= 0.3 is 5.97 Å². The van der Waals surface area contributed by atoms with Crippen molar-refractivity contribution in [3.63, 3.8) is 0 Å². The van der Waals surface area contributed by atoms with Crippen LogP contribution in [0.2, 0.25) is 0 Å². The van der Waals surface area contributed by atoms with E-state index in [1.54, 1.807) is 12.1 Å². The lowest BCUT2D eigenvalue weighted by atomic mass is 10.0. The number of rotatable bonds is 7. The number of carbonyl (C=O) groups is 2. The number of carbonyl (C=O) groups excluding carboxylic acids is 2. The smallest absolute Gasteiger partial charge is 0.338 e. The number of nitrogens with one attached hydrogen (secondary N) is 1. The molecule has 2 aromatic rings. The van der Waals surface area contributed by atoms with E-state index in [1.807, 2.05) is 12.1 Å². The molecule has 1 aliphatic heterocycles. The minimum Gasteiger partial charge on any atom is -0.449 e. The normalized spacial score (nSPS) is 15.8. The largest absolute Gasteiger partial charge is 0.449 e. The Hall–Kier alpha value is -2.78. The van der Waals surface area contributed by atoms with Crippen molar-refractivity contribution in [1.82, 2.24) is 4.31 Å². The van der Waals surface area contributed by atoms with Crippen LogP contribution >= 0.6 is 0 Å². The van der Waals surface area contributed by atoms with Gasteiger partial charge in [-0.2, -0.15) is 4.31 Å². The van der Waals surface area contributed by atoms with Crippen LogP contribution < -0.4 is 5.32 Å². The van der Waals surface area contributed by atoms with Crippen molar-refractivity contribution in [2.45, 2.75) is 57.0 Å². The Morgan fingerprint density at radius 1 is 1.00 bits per heavy atom. The third-order valence-corrected chi connectivity index (χ3v) is 7.51. The number of esters is 1. The first-order chi connectivity index (χ1) is 15.6. The van der Waals surface area contributed by atoms with E-state index in [1.165, 1.54) is 11.2 Å². The molecule has 178 valence electrons. The molecule has 1 N–H and O–H groups in total. The first kappa shape index (κ1) is 24.9. The van der Waals surface area contributed by atoms with Gasteiger partial charge in [0, 0.05) is 18.8 Å². The minimum atomic E-state index is -4.07. The fourth-order valence-corrected chi connectivity index (χ4v) is 5.16. The van der Waals surface area contributed by atoms with Crippen molar-refractivity contribution in [1.29, 1.82) is 0 Å². The SMILES string of the molecule is CC(OC(=O)c1ccc(F)c(S(=O)(=O)N2CCCCC2)c1)C(=O)Nc1ccc(C(C)C)cc1. The second-order valence-electron chi connectivity index (χ2n) is 8.42. The number of sulfonamides is 1. The summed E-state index contributed by atoms with van der Waals surface area (Å²) in [5.74, 6) is -2.03. The van der Waals surface area contributed by atoms with Gasteiger partial charge in [-0.1, -0.05) is 32.4 Å². The topological polar surface area (TPSA) is 92.8 Å². The first-order valence-electron chi connectivity index (χ1n) is 11.0. The molecule has 1 atom stereocenters. The van der Waals surface area contributed by atoms with E-state index in [2.05, 4.69) is 19.2 Å². The monoisotopic (exact) mass is 476 g/mol. The molecule has 1 amide bonds. The maximum absolute atomic E-state index is 14.4. The number of nitrogens with zero attached hydrogens (tertiary/aromatic N) is 1.